The number of Topliss-reactive ketones (excluding diaryl/α,β-unsaturated/α-hetero) is 1. The van der Waals surface area contributed by atoms with E-state index in [-0.39, 0.29) is 0 Å². The van der Waals surface area contributed by atoms with Gasteiger partial charge in [-0.1, -0.05) is 12.5 Å². The number of carbonyl (C=O) groups is 1. The van der Waals surface area contributed by atoms with E-state index in [2.05, 4.69) is 22.4 Å². The maximum atomic E-state index is 12.0. The quantitative estimate of drug-likeness (QED) is 0.839. The normalized spacial score (nSPS) is 28.9. The molecule has 0 amide bonds. The van der Waals surface area contributed by atoms with Crippen molar-refractivity contribution in [2.24, 2.45) is 5.92 Å². The largest absolute Gasteiger partial charge is 0.299 e. The van der Waals surface area contributed by atoms with E-state index in [0.29, 0.717) is 17.7 Å². The van der Waals surface area contributed by atoms with Gasteiger partial charge in [0, 0.05) is 29.8 Å². The molecule has 0 spiro atoms. The Morgan fingerprint density at radius 2 is 2.21 bits per heavy atom. The average Bonchev–Trinajstić information content (AvgIpc) is 3.08. The van der Waals surface area contributed by atoms with Gasteiger partial charge in [0.2, 0.25) is 0 Å². The van der Waals surface area contributed by atoms with Crippen molar-refractivity contribution in [3.05, 3.63) is 22.4 Å². The number of rotatable bonds is 4. The minimum absolute atomic E-state index is 0.351. The number of hydrogen-bond acceptors (Lipinski definition) is 3. The molecule has 3 heteroatoms. The molecule has 1 saturated heterocycles. The molecule has 0 radical (unpaired) electrons. The van der Waals surface area contributed by atoms with Crippen LogP contribution in [0.25, 0.3) is 0 Å². The van der Waals surface area contributed by atoms with Gasteiger partial charge in [-0.25, -0.2) is 0 Å². The molecule has 0 N–H and O–H groups in total. The summed E-state index contributed by atoms with van der Waals surface area (Å²) in [5.74, 6) is 0.886. The van der Waals surface area contributed by atoms with E-state index >= 15 is 0 Å². The highest BCUT2D eigenvalue weighted by Gasteiger charge is 2.36. The van der Waals surface area contributed by atoms with Crippen molar-refractivity contribution in [2.45, 2.75) is 51.0 Å². The van der Waals surface area contributed by atoms with Crippen LogP contribution in [0.2, 0.25) is 0 Å². The fraction of sp³-hybridized carbons (Fsp3) is 0.688. The predicted octanol–water partition coefficient (Wildman–Crippen LogP) is 3.51. The van der Waals surface area contributed by atoms with Gasteiger partial charge < -0.3 is 0 Å². The van der Waals surface area contributed by atoms with Crippen molar-refractivity contribution in [3.63, 3.8) is 0 Å². The molecule has 1 aromatic rings. The summed E-state index contributed by atoms with van der Waals surface area (Å²) in [5, 5.41) is 2.16. The van der Waals surface area contributed by atoms with E-state index in [1.165, 1.54) is 30.7 Å². The summed E-state index contributed by atoms with van der Waals surface area (Å²) in [6.45, 7) is 2.33. The van der Waals surface area contributed by atoms with Gasteiger partial charge in [-0.15, -0.1) is 11.3 Å². The van der Waals surface area contributed by atoms with E-state index < -0.39 is 0 Å². The van der Waals surface area contributed by atoms with Crippen LogP contribution in [0.5, 0.6) is 0 Å². The summed E-state index contributed by atoms with van der Waals surface area (Å²) < 4.78 is 0. The summed E-state index contributed by atoms with van der Waals surface area (Å²) in [4.78, 5) is 16.1. The van der Waals surface area contributed by atoms with Crippen LogP contribution in [-0.2, 0) is 11.2 Å². The first kappa shape index (κ1) is 13.3. The molecule has 2 heterocycles. The van der Waals surface area contributed by atoms with Gasteiger partial charge in [0.05, 0.1) is 0 Å². The van der Waals surface area contributed by atoms with Gasteiger partial charge in [0.15, 0.2) is 0 Å². The van der Waals surface area contributed by atoms with E-state index in [4.69, 9.17) is 0 Å². The first-order valence-corrected chi connectivity index (χ1v) is 8.52. The third-order valence-corrected chi connectivity index (χ3v) is 5.64. The third-order valence-electron chi connectivity index (χ3n) is 4.71. The SMILES string of the molecule is O=C1CCCC1C1CCCCN1CCc1cccs1. The third kappa shape index (κ3) is 3.09. The Balaban J connectivity index is 1.62. The standard InChI is InChI=1S/C16H23NOS/c18-16-8-3-6-14(16)15-7-1-2-10-17(15)11-9-13-5-4-12-19-13/h4-5,12,14-15H,1-3,6-11H2. The molecule has 2 nitrogen and oxygen atoms in total. The number of thiophene rings is 1. The van der Waals surface area contributed by atoms with E-state index in [1.54, 1.807) is 0 Å². The molecular formula is C16H23NOS. The summed E-state index contributed by atoms with van der Waals surface area (Å²) in [6.07, 6.45) is 8.10. The number of piperidine rings is 1. The highest BCUT2D eigenvalue weighted by atomic mass is 32.1. The van der Waals surface area contributed by atoms with Crippen LogP contribution in [0.15, 0.2) is 17.5 Å². The van der Waals surface area contributed by atoms with Crippen LogP contribution in [-0.4, -0.2) is 29.8 Å². The predicted molar refractivity (Wildman–Crippen MR) is 79.6 cm³/mol. The molecule has 1 saturated carbocycles. The van der Waals surface area contributed by atoms with Crippen molar-refractivity contribution in [1.82, 2.24) is 4.90 Å². The highest BCUT2D eigenvalue weighted by molar-refractivity contribution is 7.09. The fourth-order valence-electron chi connectivity index (χ4n) is 3.71. The fourth-order valence-corrected chi connectivity index (χ4v) is 4.41. The van der Waals surface area contributed by atoms with Crippen LogP contribution in [0.4, 0.5) is 0 Å². The number of carbonyl (C=O) groups excluding carboxylic acids is 1. The molecule has 2 unspecified atom stereocenters. The summed E-state index contributed by atoms with van der Waals surface area (Å²) in [7, 11) is 0. The number of hydrogen-bond donors (Lipinski definition) is 0. The first-order chi connectivity index (χ1) is 9.34. The summed E-state index contributed by atoms with van der Waals surface area (Å²) in [6, 6.07) is 4.90. The Labute approximate surface area is 119 Å². The summed E-state index contributed by atoms with van der Waals surface area (Å²) >= 11 is 1.85. The lowest BCUT2D eigenvalue weighted by atomic mass is 9.88. The van der Waals surface area contributed by atoms with Gasteiger partial charge >= 0.3 is 0 Å². The lowest BCUT2D eigenvalue weighted by molar-refractivity contribution is -0.123. The number of nitrogens with zero attached hydrogens (tertiary/aromatic N) is 1. The van der Waals surface area contributed by atoms with Crippen LogP contribution in [0.1, 0.15) is 43.4 Å². The molecule has 19 heavy (non-hydrogen) atoms. The molecule has 1 aliphatic carbocycles. The lowest BCUT2D eigenvalue weighted by Crippen LogP contribution is -2.46. The van der Waals surface area contributed by atoms with Gasteiger partial charge in [-0.2, -0.15) is 0 Å². The van der Waals surface area contributed by atoms with E-state index in [1.807, 2.05) is 11.3 Å². The minimum Gasteiger partial charge on any atom is -0.299 e. The number of ketones is 1. The number of likely N-dealkylation sites (tertiary alicyclic amines) is 1. The summed E-state index contributed by atoms with van der Waals surface area (Å²) in [5.41, 5.74) is 0. The zero-order chi connectivity index (χ0) is 13.1. The molecule has 0 aromatic carbocycles. The van der Waals surface area contributed by atoms with Crippen molar-refractivity contribution < 1.29 is 4.79 Å². The Morgan fingerprint density at radius 1 is 1.26 bits per heavy atom. The van der Waals surface area contributed by atoms with Crippen molar-refractivity contribution >= 4 is 17.1 Å². The van der Waals surface area contributed by atoms with E-state index in [0.717, 1.165) is 32.2 Å². The van der Waals surface area contributed by atoms with Crippen LogP contribution in [0.3, 0.4) is 0 Å². The minimum atomic E-state index is 0.351. The zero-order valence-corrected chi connectivity index (χ0v) is 12.3. The van der Waals surface area contributed by atoms with E-state index in [9.17, 15) is 4.79 Å². The highest BCUT2D eigenvalue weighted by Crippen LogP contribution is 2.32. The average molecular weight is 277 g/mol. The maximum absolute atomic E-state index is 12.0. The molecule has 3 rings (SSSR count). The molecule has 1 aliphatic heterocycles. The monoisotopic (exact) mass is 277 g/mol. The molecule has 1 aromatic heterocycles. The topological polar surface area (TPSA) is 20.3 Å². The Kier molecular flexibility index (Phi) is 4.34. The lowest BCUT2D eigenvalue weighted by Gasteiger charge is -2.38. The van der Waals surface area contributed by atoms with Crippen molar-refractivity contribution in [3.8, 4) is 0 Å². The molecular weight excluding hydrogens is 254 g/mol. The Hall–Kier alpha value is -0.670. The van der Waals surface area contributed by atoms with Crippen LogP contribution in [0, 0.1) is 5.92 Å². The zero-order valence-electron chi connectivity index (χ0n) is 11.5. The second-order valence-corrected chi connectivity index (χ2v) is 6.93. The van der Waals surface area contributed by atoms with Gasteiger partial charge in [0.25, 0.3) is 0 Å². The molecule has 2 atom stereocenters. The molecule has 2 aliphatic rings. The molecule has 2 fully saturated rings. The molecule has 104 valence electrons. The Bertz CT molecular complexity index is 414. The van der Waals surface area contributed by atoms with Gasteiger partial charge in [-0.05, 0) is 50.1 Å². The first-order valence-electron chi connectivity index (χ1n) is 7.64. The maximum Gasteiger partial charge on any atom is 0.137 e. The van der Waals surface area contributed by atoms with Gasteiger partial charge in [-0.3, -0.25) is 9.69 Å². The van der Waals surface area contributed by atoms with Crippen LogP contribution >= 0.6 is 11.3 Å². The van der Waals surface area contributed by atoms with Crippen LogP contribution < -0.4 is 0 Å². The van der Waals surface area contributed by atoms with Gasteiger partial charge in [0.1, 0.15) is 5.78 Å². The Morgan fingerprint density at radius 3 is 2.95 bits per heavy atom. The van der Waals surface area contributed by atoms with Crippen molar-refractivity contribution in [2.75, 3.05) is 13.1 Å². The smallest absolute Gasteiger partial charge is 0.137 e. The second kappa shape index (κ2) is 6.19. The second-order valence-electron chi connectivity index (χ2n) is 5.89. The molecule has 0 bridgehead atoms. The van der Waals surface area contributed by atoms with Crippen molar-refractivity contribution in [1.29, 1.82) is 0 Å².